The number of anilines is 1. The molecule has 0 spiro atoms. The Bertz CT molecular complexity index is 756. The number of benzene rings is 2. The van der Waals surface area contributed by atoms with Gasteiger partial charge in [-0.25, -0.2) is 4.39 Å². The average Bonchev–Trinajstić information content (AvgIpc) is 2.98. The number of hydrogen-bond acceptors (Lipinski definition) is 2. The molecule has 0 radical (unpaired) electrons. The van der Waals surface area contributed by atoms with E-state index in [4.69, 9.17) is 0 Å². The first kappa shape index (κ1) is 17.1. The molecule has 2 amide bonds. The Morgan fingerprint density at radius 3 is 2.40 bits per heavy atom. The highest BCUT2D eigenvalue weighted by atomic mass is 19.1. The molecule has 1 fully saturated rings. The van der Waals surface area contributed by atoms with Crippen LogP contribution < -0.4 is 5.32 Å². The summed E-state index contributed by atoms with van der Waals surface area (Å²) in [5.74, 6) is -0.855. The van der Waals surface area contributed by atoms with Gasteiger partial charge in [-0.1, -0.05) is 31.2 Å². The number of likely N-dealkylation sites (tertiary alicyclic amines) is 1. The molecule has 0 saturated carbocycles. The van der Waals surface area contributed by atoms with E-state index in [9.17, 15) is 14.0 Å². The molecule has 4 nitrogen and oxygen atoms in total. The fraction of sp³-hybridized carbons (Fsp3) is 0.300. The van der Waals surface area contributed by atoms with Crippen molar-refractivity contribution in [1.29, 1.82) is 0 Å². The van der Waals surface area contributed by atoms with Crippen molar-refractivity contribution in [1.82, 2.24) is 4.90 Å². The van der Waals surface area contributed by atoms with Crippen LogP contribution in [-0.4, -0.2) is 23.3 Å². The van der Waals surface area contributed by atoms with E-state index in [-0.39, 0.29) is 30.0 Å². The second kappa shape index (κ2) is 7.47. The van der Waals surface area contributed by atoms with E-state index < -0.39 is 0 Å². The minimum Gasteiger partial charge on any atom is -0.338 e. The molecule has 0 aromatic heterocycles. The van der Waals surface area contributed by atoms with Crippen molar-refractivity contribution < 1.29 is 14.0 Å². The van der Waals surface area contributed by atoms with Gasteiger partial charge in [0.05, 0.1) is 5.92 Å². The fourth-order valence-electron chi connectivity index (χ4n) is 2.98. The minimum atomic E-state index is -0.362. The number of carbonyl (C=O) groups excluding carboxylic acids is 2. The van der Waals surface area contributed by atoms with Crippen molar-refractivity contribution in [3.63, 3.8) is 0 Å². The summed E-state index contributed by atoms with van der Waals surface area (Å²) < 4.78 is 13.0. The van der Waals surface area contributed by atoms with Crippen LogP contribution in [0.5, 0.6) is 0 Å². The Hall–Kier alpha value is -2.69. The highest BCUT2D eigenvalue weighted by Gasteiger charge is 2.34. The summed E-state index contributed by atoms with van der Waals surface area (Å²) in [4.78, 5) is 26.2. The first-order chi connectivity index (χ1) is 12.0. The topological polar surface area (TPSA) is 49.4 Å². The monoisotopic (exact) mass is 340 g/mol. The Morgan fingerprint density at radius 2 is 1.76 bits per heavy atom. The van der Waals surface area contributed by atoms with Crippen molar-refractivity contribution in [3.05, 3.63) is 65.5 Å². The molecule has 1 aliphatic rings. The SMILES string of the molecule is CCc1ccc(NC(=O)[C@H]2CC(=O)N(Cc3ccc(F)cc3)C2)cc1. The highest BCUT2D eigenvalue weighted by molar-refractivity contribution is 5.97. The zero-order chi connectivity index (χ0) is 17.8. The Kier molecular flexibility index (Phi) is 5.12. The average molecular weight is 340 g/mol. The van der Waals surface area contributed by atoms with Gasteiger partial charge in [-0.2, -0.15) is 0 Å². The van der Waals surface area contributed by atoms with Gasteiger partial charge in [-0.05, 0) is 41.8 Å². The molecule has 3 rings (SSSR count). The van der Waals surface area contributed by atoms with E-state index in [0.717, 1.165) is 17.7 Å². The third kappa shape index (κ3) is 4.24. The lowest BCUT2D eigenvalue weighted by molar-refractivity contribution is -0.128. The quantitative estimate of drug-likeness (QED) is 0.907. The number of carbonyl (C=O) groups is 2. The van der Waals surface area contributed by atoms with Crippen LogP contribution >= 0.6 is 0 Å². The standard InChI is InChI=1S/C20H21FN2O2/c1-2-14-5-9-18(10-6-14)22-20(25)16-11-19(24)23(13-16)12-15-3-7-17(21)8-4-15/h3-10,16H,2,11-13H2,1H3,(H,22,25)/t16-/m0/s1. The van der Waals surface area contributed by atoms with E-state index in [0.29, 0.717) is 13.1 Å². The van der Waals surface area contributed by atoms with Gasteiger partial charge in [0, 0.05) is 25.2 Å². The number of aryl methyl sites for hydroxylation is 1. The minimum absolute atomic E-state index is 0.0502. The molecule has 0 bridgehead atoms. The number of hydrogen-bond donors (Lipinski definition) is 1. The van der Waals surface area contributed by atoms with Crippen LogP contribution in [0.4, 0.5) is 10.1 Å². The highest BCUT2D eigenvalue weighted by Crippen LogP contribution is 2.22. The fourth-order valence-corrected chi connectivity index (χ4v) is 2.98. The molecular formula is C20H21FN2O2. The van der Waals surface area contributed by atoms with Gasteiger partial charge >= 0.3 is 0 Å². The predicted molar refractivity (Wildman–Crippen MR) is 94.4 cm³/mol. The number of amides is 2. The second-order valence-corrected chi connectivity index (χ2v) is 6.34. The molecule has 0 aliphatic carbocycles. The third-order valence-corrected chi connectivity index (χ3v) is 4.50. The van der Waals surface area contributed by atoms with Crippen molar-refractivity contribution >= 4 is 17.5 Å². The molecule has 0 unspecified atom stereocenters. The number of rotatable bonds is 5. The summed E-state index contributed by atoms with van der Waals surface area (Å²) in [7, 11) is 0. The molecule has 1 saturated heterocycles. The Labute approximate surface area is 146 Å². The van der Waals surface area contributed by atoms with E-state index >= 15 is 0 Å². The lowest BCUT2D eigenvalue weighted by Gasteiger charge is -2.16. The van der Waals surface area contributed by atoms with E-state index in [1.807, 2.05) is 24.3 Å². The van der Waals surface area contributed by atoms with Crippen LogP contribution in [-0.2, 0) is 22.6 Å². The summed E-state index contributed by atoms with van der Waals surface area (Å²) in [6.07, 6.45) is 1.16. The number of nitrogens with zero attached hydrogens (tertiary/aromatic N) is 1. The summed E-state index contributed by atoms with van der Waals surface area (Å²) in [6.45, 7) is 2.86. The van der Waals surface area contributed by atoms with Crippen LogP contribution in [0.2, 0.25) is 0 Å². The Morgan fingerprint density at radius 1 is 1.12 bits per heavy atom. The van der Waals surface area contributed by atoms with Gasteiger partial charge in [-0.15, -0.1) is 0 Å². The lowest BCUT2D eigenvalue weighted by atomic mass is 10.1. The van der Waals surface area contributed by atoms with E-state index in [1.165, 1.54) is 17.7 Å². The van der Waals surface area contributed by atoms with Crippen LogP contribution in [0, 0.1) is 11.7 Å². The normalized spacial score (nSPS) is 17.0. The van der Waals surface area contributed by atoms with E-state index in [1.54, 1.807) is 17.0 Å². The van der Waals surface area contributed by atoms with Gasteiger partial charge in [-0.3, -0.25) is 9.59 Å². The third-order valence-electron chi connectivity index (χ3n) is 4.50. The van der Waals surface area contributed by atoms with Crippen molar-refractivity contribution in [2.45, 2.75) is 26.3 Å². The predicted octanol–water partition coefficient (Wildman–Crippen LogP) is 3.38. The van der Waals surface area contributed by atoms with E-state index in [2.05, 4.69) is 12.2 Å². The number of nitrogens with one attached hydrogen (secondary N) is 1. The maximum atomic E-state index is 13.0. The van der Waals surface area contributed by atoms with Crippen molar-refractivity contribution in [2.75, 3.05) is 11.9 Å². The van der Waals surface area contributed by atoms with Gasteiger partial charge < -0.3 is 10.2 Å². The Balaban J connectivity index is 1.59. The molecule has 130 valence electrons. The lowest BCUT2D eigenvalue weighted by Crippen LogP contribution is -2.28. The molecule has 2 aromatic rings. The summed E-state index contributed by atoms with van der Waals surface area (Å²) >= 11 is 0. The van der Waals surface area contributed by atoms with Crippen LogP contribution in [0.1, 0.15) is 24.5 Å². The molecule has 1 atom stereocenters. The summed E-state index contributed by atoms with van der Waals surface area (Å²) in [5.41, 5.74) is 2.80. The molecule has 1 aliphatic heterocycles. The molecule has 1 heterocycles. The van der Waals surface area contributed by atoms with Crippen molar-refractivity contribution in [3.8, 4) is 0 Å². The summed E-state index contributed by atoms with van der Waals surface area (Å²) in [5, 5.41) is 2.88. The summed E-state index contributed by atoms with van der Waals surface area (Å²) in [6, 6.07) is 13.8. The first-order valence-electron chi connectivity index (χ1n) is 8.47. The van der Waals surface area contributed by atoms with Crippen LogP contribution in [0.25, 0.3) is 0 Å². The molecule has 2 aromatic carbocycles. The van der Waals surface area contributed by atoms with Gasteiger partial charge in [0.1, 0.15) is 5.82 Å². The first-order valence-corrected chi connectivity index (χ1v) is 8.47. The van der Waals surface area contributed by atoms with Gasteiger partial charge in [0.25, 0.3) is 0 Å². The maximum Gasteiger partial charge on any atom is 0.229 e. The molecule has 1 N–H and O–H groups in total. The molecule has 5 heteroatoms. The largest absolute Gasteiger partial charge is 0.338 e. The van der Waals surface area contributed by atoms with Gasteiger partial charge in [0.15, 0.2) is 0 Å². The maximum absolute atomic E-state index is 13.0. The van der Waals surface area contributed by atoms with Crippen LogP contribution in [0.3, 0.4) is 0 Å². The van der Waals surface area contributed by atoms with Crippen molar-refractivity contribution in [2.24, 2.45) is 5.92 Å². The van der Waals surface area contributed by atoms with Crippen LogP contribution in [0.15, 0.2) is 48.5 Å². The molecular weight excluding hydrogens is 319 g/mol. The smallest absolute Gasteiger partial charge is 0.229 e. The zero-order valence-electron chi connectivity index (χ0n) is 14.2. The van der Waals surface area contributed by atoms with Gasteiger partial charge in [0.2, 0.25) is 11.8 Å². The second-order valence-electron chi connectivity index (χ2n) is 6.34. The number of halogens is 1. The zero-order valence-corrected chi connectivity index (χ0v) is 14.2. The molecule has 25 heavy (non-hydrogen) atoms.